The van der Waals surface area contributed by atoms with Gasteiger partial charge in [-0.3, -0.25) is 0 Å². The van der Waals surface area contributed by atoms with E-state index in [0.29, 0.717) is 13.2 Å². The second-order valence-corrected chi connectivity index (χ2v) is 8.84. The molecule has 0 saturated carbocycles. The molecule has 0 amide bonds. The first-order valence-corrected chi connectivity index (χ1v) is 10.4. The third kappa shape index (κ3) is 9.46. The van der Waals surface area contributed by atoms with Crippen molar-refractivity contribution in [3.8, 4) is 0 Å². The Morgan fingerprint density at radius 1 is 1.27 bits per heavy atom. The van der Waals surface area contributed by atoms with Crippen molar-refractivity contribution in [3.63, 3.8) is 0 Å². The predicted octanol–water partition coefficient (Wildman–Crippen LogP) is 4.57. The molecule has 1 atom stereocenters. The molecule has 2 N–H and O–H groups in total. The highest BCUT2D eigenvalue weighted by molar-refractivity contribution is 14.0. The number of ether oxygens (including phenoxy) is 1. The van der Waals surface area contributed by atoms with Crippen LogP contribution in [0.5, 0.6) is 0 Å². The lowest BCUT2D eigenvalue weighted by Crippen LogP contribution is -2.40. The molecule has 148 valence electrons. The normalized spacial score (nSPS) is 17.7. The number of aliphatic imine (C=N–C) groups is 1. The van der Waals surface area contributed by atoms with Gasteiger partial charge in [-0.15, -0.1) is 24.0 Å². The van der Waals surface area contributed by atoms with E-state index in [-0.39, 0.29) is 29.6 Å². The average Bonchev–Trinajstić information content (AvgIpc) is 3.09. The van der Waals surface area contributed by atoms with Crippen LogP contribution in [-0.2, 0) is 17.9 Å². The highest BCUT2D eigenvalue weighted by atomic mass is 127. The molecule has 0 aromatic heterocycles. The molecule has 1 aliphatic heterocycles. The maximum absolute atomic E-state index is 5.87. The maximum atomic E-state index is 5.87. The number of guanidine groups is 1. The van der Waals surface area contributed by atoms with Crippen LogP contribution in [0.25, 0.3) is 0 Å². The molecule has 1 aromatic carbocycles. The third-order valence-corrected chi connectivity index (χ3v) is 5.35. The summed E-state index contributed by atoms with van der Waals surface area (Å²) in [4.78, 5) is 4.74. The first-order chi connectivity index (χ1) is 12.0. The Kier molecular flexibility index (Phi) is 11.0. The summed E-state index contributed by atoms with van der Waals surface area (Å²) >= 11 is 2.07. The average molecular weight is 491 g/mol. The van der Waals surface area contributed by atoms with E-state index in [1.165, 1.54) is 29.7 Å². The summed E-state index contributed by atoms with van der Waals surface area (Å²) in [7, 11) is 0. The Morgan fingerprint density at radius 2 is 2.04 bits per heavy atom. The maximum Gasteiger partial charge on any atom is 0.191 e. The molecule has 6 heteroatoms. The van der Waals surface area contributed by atoms with Crippen molar-refractivity contribution in [1.82, 2.24) is 10.6 Å². The van der Waals surface area contributed by atoms with Gasteiger partial charge in [0.25, 0.3) is 0 Å². The lowest BCUT2D eigenvalue weighted by atomic mass is 10.1. The number of benzene rings is 1. The lowest BCUT2D eigenvalue weighted by Gasteiger charge is -2.19. The Balaban J connectivity index is 0.00000338. The van der Waals surface area contributed by atoms with Crippen LogP contribution < -0.4 is 10.6 Å². The van der Waals surface area contributed by atoms with E-state index in [0.717, 1.165) is 24.3 Å². The zero-order valence-electron chi connectivity index (χ0n) is 16.5. The van der Waals surface area contributed by atoms with Crippen LogP contribution >= 0.6 is 35.7 Å². The Hall–Kier alpha value is -0.470. The standard InChI is InChI=1S/C20H33N3OS.HI/c1-5-21-19(23-14-18-10-7-11-25-18)22-13-16-8-6-9-17(12-16)15-24-20(2,3)4;/h6,8-9,12,18H,5,7,10-11,13-15H2,1-4H3,(H2,21,22,23);1H. The van der Waals surface area contributed by atoms with Gasteiger partial charge in [0.2, 0.25) is 0 Å². The van der Waals surface area contributed by atoms with Gasteiger partial charge in [0.1, 0.15) is 0 Å². The van der Waals surface area contributed by atoms with Crippen LogP contribution in [0, 0.1) is 0 Å². The van der Waals surface area contributed by atoms with Gasteiger partial charge >= 0.3 is 0 Å². The van der Waals surface area contributed by atoms with Crippen molar-refractivity contribution in [2.45, 2.75) is 64.5 Å². The molecule has 1 heterocycles. The Morgan fingerprint density at radius 3 is 2.69 bits per heavy atom. The lowest BCUT2D eigenvalue weighted by molar-refractivity contribution is -0.0149. The summed E-state index contributed by atoms with van der Waals surface area (Å²) in [5.74, 6) is 2.20. The molecular formula is C20H34IN3OS. The minimum Gasteiger partial charge on any atom is -0.371 e. The van der Waals surface area contributed by atoms with Crippen LogP contribution in [0.3, 0.4) is 0 Å². The summed E-state index contributed by atoms with van der Waals surface area (Å²) in [6.07, 6.45) is 2.65. The predicted molar refractivity (Wildman–Crippen MR) is 125 cm³/mol. The van der Waals surface area contributed by atoms with Crippen LogP contribution in [0.4, 0.5) is 0 Å². The van der Waals surface area contributed by atoms with Crippen molar-refractivity contribution in [2.24, 2.45) is 4.99 Å². The summed E-state index contributed by atoms with van der Waals surface area (Å²) in [5.41, 5.74) is 2.29. The van der Waals surface area contributed by atoms with Crippen molar-refractivity contribution >= 4 is 41.7 Å². The smallest absolute Gasteiger partial charge is 0.191 e. The van der Waals surface area contributed by atoms with Gasteiger partial charge in [0.15, 0.2) is 5.96 Å². The number of thioether (sulfide) groups is 1. The van der Waals surface area contributed by atoms with E-state index in [4.69, 9.17) is 9.73 Å². The number of hydrogen-bond acceptors (Lipinski definition) is 3. The molecule has 0 aliphatic carbocycles. The first kappa shape index (κ1) is 23.6. The SMILES string of the molecule is CCNC(=NCc1cccc(COC(C)(C)C)c1)NCC1CCCS1.I. The van der Waals surface area contributed by atoms with E-state index in [1.54, 1.807) is 0 Å². The van der Waals surface area contributed by atoms with Crippen LogP contribution in [0.1, 0.15) is 51.7 Å². The van der Waals surface area contributed by atoms with Crippen LogP contribution in [-0.4, -0.2) is 35.7 Å². The van der Waals surface area contributed by atoms with Crippen molar-refractivity contribution in [3.05, 3.63) is 35.4 Å². The number of hydrogen-bond donors (Lipinski definition) is 2. The highest BCUT2D eigenvalue weighted by Gasteiger charge is 2.15. The Labute approximate surface area is 180 Å². The number of halogens is 1. The number of nitrogens with zero attached hydrogens (tertiary/aromatic N) is 1. The Bertz CT molecular complexity index is 554. The van der Waals surface area contributed by atoms with Gasteiger partial charge in [-0.1, -0.05) is 24.3 Å². The summed E-state index contributed by atoms with van der Waals surface area (Å²) in [5, 5.41) is 7.55. The van der Waals surface area contributed by atoms with E-state index < -0.39 is 0 Å². The third-order valence-electron chi connectivity index (χ3n) is 3.95. The highest BCUT2D eigenvalue weighted by Crippen LogP contribution is 2.25. The largest absolute Gasteiger partial charge is 0.371 e. The van der Waals surface area contributed by atoms with E-state index >= 15 is 0 Å². The fourth-order valence-electron chi connectivity index (χ4n) is 2.65. The monoisotopic (exact) mass is 491 g/mol. The van der Waals surface area contributed by atoms with E-state index in [2.05, 4.69) is 74.4 Å². The van der Waals surface area contributed by atoms with E-state index in [9.17, 15) is 0 Å². The van der Waals surface area contributed by atoms with Crippen LogP contribution in [0.15, 0.2) is 29.3 Å². The van der Waals surface area contributed by atoms with Gasteiger partial charge in [-0.25, -0.2) is 4.99 Å². The fraction of sp³-hybridized carbons (Fsp3) is 0.650. The molecule has 1 unspecified atom stereocenters. The van der Waals surface area contributed by atoms with Gasteiger partial charge < -0.3 is 15.4 Å². The van der Waals surface area contributed by atoms with Crippen molar-refractivity contribution < 1.29 is 4.74 Å². The molecule has 1 saturated heterocycles. The summed E-state index contributed by atoms with van der Waals surface area (Å²) in [6.45, 7) is 11.5. The quantitative estimate of drug-likeness (QED) is 0.333. The molecule has 4 nitrogen and oxygen atoms in total. The number of nitrogens with one attached hydrogen (secondary N) is 2. The summed E-state index contributed by atoms with van der Waals surface area (Å²) < 4.78 is 5.87. The topological polar surface area (TPSA) is 45.7 Å². The van der Waals surface area contributed by atoms with Crippen molar-refractivity contribution in [1.29, 1.82) is 0 Å². The van der Waals surface area contributed by atoms with Gasteiger partial charge in [-0.2, -0.15) is 11.8 Å². The molecule has 0 radical (unpaired) electrons. The molecule has 1 aliphatic rings. The van der Waals surface area contributed by atoms with Gasteiger partial charge in [-0.05, 0) is 57.4 Å². The first-order valence-electron chi connectivity index (χ1n) is 9.32. The molecule has 2 rings (SSSR count). The molecule has 1 fully saturated rings. The zero-order chi connectivity index (χ0) is 18.1. The molecular weight excluding hydrogens is 457 g/mol. The van der Waals surface area contributed by atoms with Gasteiger partial charge in [0, 0.05) is 18.3 Å². The second-order valence-electron chi connectivity index (χ2n) is 7.43. The molecule has 1 aromatic rings. The van der Waals surface area contributed by atoms with Crippen LogP contribution in [0.2, 0.25) is 0 Å². The minimum absolute atomic E-state index is 0. The molecule has 0 bridgehead atoms. The second kappa shape index (κ2) is 12.1. The fourth-order valence-corrected chi connectivity index (χ4v) is 3.85. The zero-order valence-corrected chi connectivity index (χ0v) is 19.7. The van der Waals surface area contributed by atoms with Crippen molar-refractivity contribution in [2.75, 3.05) is 18.8 Å². The molecule has 0 spiro atoms. The van der Waals surface area contributed by atoms with E-state index in [1.807, 2.05) is 0 Å². The number of rotatable bonds is 7. The molecule has 26 heavy (non-hydrogen) atoms. The summed E-state index contributed by atoms with van der Waals surface area (Å²) in [6, 6.07) is 8.51. The minimum atomic E-state index is -0.117. The van der Waals surface area contributed by atoms with Gasteiger partial charge in [0.05, 0.1) is 18.8 Å².